The van der Waals surface area contributed by atoms with Crippen molar-refractivity contribution >= 4 is 10.8 Å². The third-order valence-corrected chi connectivity index (χ3v) is 3.67. The Hall–Kier alpha value is -1.34. The summed E-state index contributed by atoms with van der Waals surface area (Å²) in [6.07, 6.45) is 10.4. The Labute approximate surface area is 130 Å². The van der Waals surface area contributed by atoms with E-state index in [9.17, 15) is 0 Å². The molecule has 0 bridgehead atoms. The molecular weight excluding hydrogens is 256 g/mol. The van der Waals surface area contributed by atoms with Gasteiger partial charge in [0.05, 0.1) is 0 Å². The summed E-state index contributed by atoms with van der Waals surface area (Å²) in [5.41, 5.74) is 0. The van der Waals surface area contributed by atoms with Crippen LogP contribution < -0.4 is 0 Å². The number of benzene rings is 2. The molecule has 0 radical (unpaired) electrons. The quantitative estimate of drug-likeness (QED) is 0.594. The maximum Gasteiger partial charge on any atom is 0.0431 e. The van der Waals surface area contributed by atoms with Crippen molar-refractivity contribution in [3.8, 4) is 0 Å². The Bertz CT molecular complexity index is 391. The van der Waals surface area contributed by atoms with Crippen molar-refractivity contribution in [2.75, 3.05) is 6.61 Å². The Kier molecular flexibility index (Phi) is 10.5. The fourth-order valence-corrected chi connectivity index (χ4v) is 2.38. The molecule has 0 atom stereocenters. The lowest BCUT2D eigenvalue weighted by molar-refractivity contribution is 0.282. The second-order valence-electron chi connectivity index (χ2n) is 5.55. The van der Waals surface area contributed by atoms with Gasteiger partial charge in [-0.15, -0.1) is 0 Å². The van der Waals surface area contributed by atoms with Gasteiger partial charge in [0.25, 0.3) is 0 Å². The van der Waals surface area contributed by atoms with E-state index in [-0.39, 0.29) is 0 Å². The maximum absolute atomic E-state index is 8.51. The van der Waals surface area contributed by atoms with Gasteiger partial charge >= 0.3 is 0 Å². The van der Waals surface area contributed by atoms with E-state index in [2.05, 4.69) is 55.5 Å². The molecule has 116 valence electrons. The second kappa shape index (κ2) is 12.4. The molecule has 1 nitrogen and oxygen atoms in total. The summed E-state index contributed by atoms with van der Waals surface area (Å²) in [6, 6.07) is 16.7. The smallest absolute Gasteiger partial charge is 0.0431 e. The van der Waals surface area contributed by atoms with E-state index in [0.717, 1.165) is 6.42 Å². The highest BCUT2D eigenvalue weighted by atomic mass is 16.2. The third kappa shape index (κ3) is 8.52. The van der Waals surface area contributed by atoms with Crippen molar-refractivity contribution in [1.82, 2.24) is 0 Å². The minimum Gasteiger partial charge on any atom is -0.396 e. The average molecular weight is 286 g/mol. The van der Waals surface area contributed by atoms with Crippen molar-refractivity contribution in [2.24, 2.45) is 0 Å². The van der Waals surface area contributed by atoms with Gasteiger partial charge in [-0.3, -0.25) is 0 Å². The summed E-state index contributed by atoms with van der Waals surface area (Å²) in [6.45, 7) is 2.61. The monoisotopic (exact) mass is 286 g/mol. The predicted molar refractivity (Wildman–Crippen MR) is 93.6 cm³/mol. The molecule has 0 aliphatic rings. The van der Waals surface area contributed by atoms with E-state index >= 15 is 0 Å². The lowest BCUT2D eigenvalue weighted by Gasteiger charge is -1.98. The lowest BCUT2D eigenvalue weighted by atomic mass is 10.1. The largest absolute Gasteiger partial charge is 0.396 e. The minimum atomic E-state index is 0.370. The molecule has 0 aromatic heterocycles. The van der Waals surface area contributed by atoms with Crippen LogP contribution in [0.1, 0.15) is 58.3 Å². The molecule has 0 spiro atoms. The van der Waals surface area contributed by atoms with Crippen LogP contribution in [0.3, 0.4) is 0 Å². The summed E-state index contributed by atoms with van der Waals surface area (Å²) >= 11 is 0. The number of hydrogen-bond acceptors (Lipinski definition) is 1. The Morgan fingerprint density at radius 1 is 0.619 bits per heavy atom. The molecule has 2 aromatic carbocycles. The fraction of sp³-hybridized carbons (Fsp3) is 0.500. The third-order valence-electron chi connectivity index (χ3n) is 3.67. The molecule has 2 aromatic rings. The van der Waals surface area contributed by atoms with Gasteiger partial charge in [-0.1, -0.05) is 100 Å². The zero-order chi connectivity index (χ0) is 15.2. The minimum absolute atomic E-state index is 0.370. The van der Waals surface area contributed by atoms with E-state index in [1.165, 1.54) is 55.7 Å². The molecule has 2 rings (SSSR count). The SMILES string of the molecule is CCCCCCCCCCO.c1ccc2ccccc2c1. The van der Waals surface area contributed by atoms with E-state index in [4.69, 9.17) is 5.11 Å². The summed E-state index contributed by atoms with van der Waals surface area (Å²) in [5, 5.41) is 11.1. The van der Waals surface area contributed by atoms with Crippen LogP contribution in [0.25, 0.3) is 10.8 Å². The highest BCUT2D eigenvalue weighted by Gasteiger charge is 1.89. The van der Waals surface area contributed by atoms with Crippen LogP contribution in [-0.2, 0) is 0 Å². The van der Waals surface area contributed by atoms with Crippen LogP contribution in [-0.4, -0.2) is 11.7 Å². The van der Waals surface area contributed by atoms with Gasteiger partial charge in [0, 0.05) is 6.61 Å². The van der Waals surface area contributed by atoms with Crippen LogP contribution >= 0.6 is 0 Å². The normalized spacial score (nSPS) is 10.2. The highest BCUT2D eigenvalue weighted by molar-refractivity contribution is 5.81. The first kappa shape index (κ1) is 17.7. The molecule has 0 saturated heterocycles. The van der Waals surface area contributed by atoms with Crippen LogP contribution in [0, 0.1) is 0 Å². The Morgan fingerprint density at radius 3 is 1.38 bits per heavy atom. The van der Waals surface area contributed by atoms with Crippen molar-refractivity contribution < 1.29 is 5.11 Å². The van der Waals surface area contributed by atoms with Crippen molar-refractivity contribution in [3.05, 3.63) is 48.5 Å². The number of fused-ring (bicyclic) bond motifs is 1. The summed E-state index contributed by atoms with van der Waals surface area (Å²) < 4.78 is 0. The van der Waals surface area contributed by atoms with Crippen LogP contribution in [0.5, 0.6) is 0 Å². The van der Waals surface area contributed by atoms with Crippen molar-refractivity contribution in [3.63, 3.8) is 0 Å². The fourth-order valence-electron chi connectivity index (χ4n) is 2.38. The van der Waals surface area contributed by atoms with E-state index in [1.54, 1.807) is 0 Å². The number of hydrogen-bond donors (Lipinski definition) is 1. The van der Waals surface area contributed by atoms with Gasteiger partial charge < -0.3 is 5.11 Å². The first-order chi connectivity index (χ1) is 10.4. The van der Waals surface area contributed by atoms with Crippen LogP contribution in [0.4, 0.5) is 0 Å². The number of aliphatic hydroxyl groups excluding tert-OH is 1. The molecule has 0 aliphatic heterocycles. The number of rotatable bonds is 8. The van der Waals surface area contributed by atoms with E-state index in [1.807, 2.05) is 0 Å². The van der Waals surface area contributed by atoms with Crippen LogP contribution in [0.2, 0.25) is 0 Å². The topological polar surface area (TPSA) is 20.2 Å². The van der Waals surface area contributed by atoms with Gasteiger partial charge in [0.15, 0.2) is 0 Å². The summed E-state index contributed by atoms with van der Waals surface area (Å²) in [4.78, 5) is 0. The van der Waals surface area contributed by atoms with Crippen molar-refractivity contribution in [2.45, 2.75) is 58.3 Å². The number of unbranched alkanes of at least 4 members (excludes halogenated alkanes) is 7. The van der Waals surface area contributed by atoms with Gasteiger partial charge in [-0.05, 0) is 17.2 Å². The average Bonchev–Trinajstić information content (AvgIpc) is 2.55. The van der Waals surface area contributed by atoms with Gasteiger partial charge in [0.2, 0.25) is 0 Å². The molecule has 0 unspecified atom stereocenters. The second-order valence-corrected chi connectivity index (χ2v) is 5.55. The molecule has 1 N–H and O–H groups in total. The molecule has 1 heteroatoms. The van der Waals surface area contributed by atoms with E-state index in [0.29, 0.717) is 6.61 Å². The summed E-state index contributed by atoms with van der Waals surface area (Å²) in [5.74, 6) is 0. The molecule has 21 heavy (non-hydrogen) atoms. The van der Waals surface area contributed by atoms with Gasteiger partial charge in [-0.25, -0.2) is 0 Å². The molecule has 0 fully saturated rings. The Morgan fingerprint density at radius 2 is 1.00 bits per heavy atom. The van der Waals surface area contributed by atoms with Gasteiger partial charge in [-0.2, -0.15) is 0 Å². The summed E-state index contributed by atoms with van der Waals surface area (Å²) in [7, 11) is 0. The maximum atomic E-state index is 8.51. The van der Waals surface area contributed by atoms with Crippen molar-refractivity contribution in [1.29, 1.82) is 0 Å². The molecule has 0 aliphatic carbocycles. The van der Waals surface area contributed by atoms with Crippen LogP contribution in [0.15, 0.2) is 48.5 Å². The molecule has 0 saturated carbocycles. The van der Waals surface area contributed by atoms with E-state index < -0.39 is 0 Å². The predicted octanol–water partition coefficient (Wildman–Crippen LogP) is 5.96. The molecule has 0 heterocycles. The lowest BCUT2D eigenvalue weighted by Crippen LogP contribution is -1.83. The molecular formula is C20H30O. The number of aliphatic hydroxyl groups is 1. The zero-order valence-corrected chi connectivity index (χ0v) is 13.4. The standard InChI is InChI=1S/C10H22O.C10H8/c1-2-3-4-5-6-7-8-9-10-11;1-2-6-10-8-4-3-7-9(10)5-1/h11H,2-10H2,1H3;1-8H. The highest BCUT2D eigenvalue weighted by Crippen LogP contribution is 2.11. The Balaban J connectivity index is 0.000000210. The first-order valence-corrected chi connectivity index (χ1v) is 8.43. The zero-order valence-electron chi connectivity index (χ0n) is 13.4. The van der Waals surface area contributed by atoms with Gasteiger partial charge in [0.1, 0.15) is 0 Å². The molecule has 0 amide bonds. The first-order valence-electron chi connectivity index (χ1n) is 8.43.